The van der Waals surface area contributed by atoms with Crippen LogP contribution in [-0.2, 0) is 6.54 Å². The van der Waals surface area contributed by atoms with Crippen molar-refractivity contribution in [1.29, 1.82) is 0 Å². The molecule has 6 heteroatoms. The van der Waals surface area contributed by atoms with E-state index in [0.29, 0.717) is 18.0 Å². The van der Waals surface area contributed by atoms with Gasteiger partial charge in [-0.1, -0.05) is 0 Å². The second-order valence-corrected chi connectivity index (χ2v) is 4.43. The first kappa shape index (κ1) is 14.2. The first-order valence-electron chi connectivity index (χ1n) is 6.32. The van der Waals surface area contributed by atoms with Gasteiger partial charge < -0.3 is 24.9 Å². The topological polar surface area (TPSA) is 79.4 Å². The van der Waals surface area contributed by atoms with E-state index in [4.69, 9.17) is 9.47 Å². The van der Waals surface area contributed by atoms with E-state index >= 15 is 0 Å². The first-order valence-corrected chi connectivity index (χ1v) is 6.32. The average molecular weight is 277 g/mol. The van der Waals surface area contributed by atoms with Crippen molar-refractivity contribution >= 4 is 0 Å². The van der Waals surface area contributed by atoms with Crippen LogP contribution in [0.25, 0.3) is 0 Å². The van der Waals surface area contributed by atoms with E-state index in [-0.39, 0.29) is 11.8 Å². The standard InChI is InChI=1S/C14H19N3O3/c1-9(14-15-4-5-16-14)17-8-10-6-11(19-2)13(18)12(7-10)20-3/h4-7,9,17-18H,8H2,1-3H3,(H,15,16). The van der Waals surface area contributed by atoms with Crippen molar-refractivity contribution in [3.63, 3.8) is 0 Å². The summed E-state index contributed by atoms with van der Waals surface area (Å²) in [4.78, 5) is 7.27. The lowest BCUT2D eigenvalue weighted by atomic mass is 10.1. The van der Waals surface area contributed by atoms with Crippen LogP contribution in [-0.4, -0.2) is 29.3 Å². The van der Waals surface area contributed by atoms with Crippen molar-refractivity contribution in [3.8, 4) is 17.2 Å². The number of methoxy groups -OCH3 is 2. The Morgan fingerprint density at radius 1 is 1.30 bits per heavy atom. The molecule has 1 heterocycles. The Balaban J connectivity index is 2.09. The van der Waals surface area contributed by atoms with Crippen LogP contribution in [0.4, 0.5) is 0 Å². The number of hydrogen-bond acceptors (Lipinski definition) is 5. The van der Waals surface area contributed by atoms with Crippen LogP contribution in [0.1, 0.15) is 24.4 Å². The van der Waals surface area contributed by atoms with Crippen LogP contribution < -0.4 is 14.8 Å². The average Bonchev–Trinajstić information content (AvgIpc) is 3.00. The third kappa shape index (κ3) is 3.03. The van der Waals surface area contributed by atoms with Crippen LogP contribution in [0.5, 0.6) is 17.2 Å². The maximum absolute atomic E-state index is 9.86. The van der Waals surface area contributed by atoms with Gasteiger partial charge in [0.05, 0.1) is 20.3 Å². The maximum atomic E-state index is 9.86. The fraction of sp³-hybridized carbons (Fsp3) is 0.357. The molecule has 1 atom stereocenters. The number of hydrogen-bond donors (Lipinski definition) is 3. The number of nitrogens with zero attached hydrogens (tertiary/aromatic N) is 1. The van der Waals surface area contributed by atoms with Gasteiger partial charge >= 0.3 is 0 Å². The van der Waals surface area contributed by atoms with E-state index in [1.165, 1.54) is 14.2 Å². The summed E-state index contributed by atoms with van der Waals surface area (Å²) in [6.07, 6.45) is 3.51. The fourth-order valence-electron chi connectivity index (χ4n) is 1.93. The first-order chi connectivity index (χ1) is 9.65. The Kier molecular flexibility index (Phi) is 4.47. The largest absolute Gasteiger partial charge is 0.502 e. The summed E-state index contributed by atoms with van der Waals surface area (Å²) in [7, 11) is 3.02. The molecular weight excluding hydrogens is 258 g/mol. The zero-order valence-corrected chi connectivity index (χ0v) is 11.8. The highest BCUT2D eigenvalue weighted by Crippen LogP contribution is 2.37. The molecule has 6 nitrogen and oxygen atoms in total. The Morgan fingerprint density at radius 3 is 2.45 bits per heavy atom. The van der Waals surface area contributed by atoms with Gasteiger partial charge in [-0.15, -0.1) is 0 Å². The highest BCUT2D eigenvalue weighted by molar-refractivity contribution is 5.52. The van der Waals surface area contributed by atoms with Crippen molar-refractivity contribution in [2.24, 2.45) is 0 Å². The second kappa shape index (κ2) is 6.29. The van der Waals surface area contributed by atoms with Crippen molar-refractivity contribution < 1.29 is 14.6 Å². The molecule has 1 unspecified atom stereocenters. The van der Waals surface area contributed by atoms with Crippen LogP contribution in [0.15, 0.2) is 24.5 Å². The summed E-state index contributed by atoms with van der Waals surface area (Å²) in [5.74, 6) is 1.68. The molecule has 0 bridgehead atoms. The minimum Gasteiger partial charge on any atom is -0.502 e. The van der Waals surface area contributed by atoms with Gasteiger partial charge in [0, 0.05) is 18.9 Å². The number of aromatic hydroxyl groups is 1. The van der Waals surface area contributed by atoms with Gasteiger partial charge in [0.25, 0.3) is 0 Å². The van der Waals surface area contributed by atoms with Gasteiger partial charge in [0.15, 0.2) is 11.5 Å². The van der Waals surface area contributed by atoms with Gasteiger partial charge in [-0.3, -0.25) is 0 Å². The van der Waals surface area contributed by atoms with E-state index in [1.807, 2.05) is 6.92 Å². The highest BCUT2D eigenvalue weighted by Gasteiger charge is 2.12. The summed E-state index contributed by atoms with van der Waals surface area (Å²) in [5.41, 5.74) is 0.954. The molecule has 2 aromatic rings. The summed E-state index contributed by atoms with van der Waals surface area (Å²) in [5, 5.41) is 13.2. The number of nitrogens with one attached hydrogen (secondary N) is 2. The number of rotatable bonds is 6. The Bertz CT molecular complexity index is 530. The number of aromatic amines is 1. The Labute approximate surface area is 117 Å². The predicted molar refractivity (Wildman–Crippen MR) is 75.1 cm³/mol. The predicted octanol–water partition coefficient (Wildman–Crippen LogP) is 1.98. The van der Waals surface area contributed by atoms with Crippen LogP contribution in [0.2, 0.25) is 0 Å². The number of imidazole rings is 1. The summed E-state index contributed by atoms with van der Waals surface area (Å²) in [6.45, 7) is 2.63. The molecular formula is C14H19N3O3. The smallest absolute Gasteiger partial charge is 0.200 e. The SMILES string of the molecule is COc1cc(CNC(C)c2ncc[nH]2)cc(OC)c1O. The van der Waals surface area contributed by atoms with Gasteiger partial charge in [0.2, 0.25) is 5.75 Å². The summed E-state index contributed by atoms with van der Waals surface area (Å²) >= 11 is 0. The normalized spacial score (nSPS) is 12.2. The lowest BCUT2D eigenvalue weighted by Gasteiger charge is -2.14. The Morgan fingerprint density at radius 2 is 1.95 bits per heavy atom. The van der Waals surface area contributed by atoms with Crippen LogP contribution in [0.3, 0.4) is 0 Å². The molecule has 0 spiro atoms. The molecule has 2 rings (SSSR count). The van der Waals surface area contributed by atoms with Gasteiger partial charge in [-0.2, -0.15) is 0 Å². The number of ether oxygens (including phenoxy) is 2. The molecule has 0 radical (unpaired) electrons. The molecule has 108 valence electrons. The summed E-state index contributed by atoms with van der Waals surface area (Å²) in [6, 6.07) is 3.65. The van der Waals surface area contributed by atoms with Crippen molar-refractivity contribution in [2.75, 3.05) is 14.2 Å². The quantitative estimate of drug-likeness (QED) is 0.752. The van der Waals surface area contributed by atoms with Crippen molar-refractivity contribution in [3.05, 3.63) is 35.9 Å². The molecule has 0 aliphatic carbocycles. The van der Waals surface area contributed by atoms with E-state index in [1.54, 1.807) is 24.5 Å². The van der Waals surface area contributed by atoms with Gasteiger partial charge in [-0.05, 0) is 24.6 Å². The molecule has 0 amide bonds. The lowest BCUT2D eigenvalue weighted by Crippen LogP contribution is -2.19. The number of benzene rings is 1. The number of aromatic nitrogens is 2. The molecule has 0 aliphatic rings. The molecule has 3 N–H and O–H groups in total. The van der Waals surface area contributed by atoms with E-state index in [0.717, 1.165) is 11.4 Å². The summed E-state index contributed by atoms with van der Waals surface area (Å²) < 4.78 is 10.3. The third-order valence-corrected chi connectivity index (χ3v) is 3.08. The molecule has 20 heavy (non-hydrogen) atoms. The Hall–Kier alpha value is -2.21. The van der Waals surface area contributed by atoms with Gasteiger partial charge in [-0.25, -0.2) is 4.98 Å². The fourth-order valence-corrected chi connectivity index (χ4v) is 1.93. The minimum absolute atomic E-state index is 0.0119. The van der Waals surface area contributed by atoms with Crippen LogP contribution >= 0.6 is 0 Å². The number of H-pyrrole nitrogens is 1. The third-order valence-electron chi connectivity index (χ3n) is 3.08. The molecule has 1 aromatic heterocycles. The van der Waals surface area contributed by atoms with E-state index < -0.39 is 0 Å². The zero-order valence-electron chi connectivity index (χ0n) is 11.8. The molecule has 0 saturated heterocycles. The zero-order chi connectivity index (χ0) is 14.5. The van der Waals surface area contributed by atoms with E-state index in [9.17, 15) is 5.11 Å². The molecule has 1 aromatic carbocycles. The van der Waals surface area contributed by atoms with E-state index in [2.05, 4.69) is 15.3 Å². The second-order valence-electron chi connectivity index (χ2n) is 4.43. The van der Waals surface area contributed by atoms with Crippen LogP contribution in [0, 0.1) is 0 Å². The molecule has 0 saturated carbocycles. The van der Waals surface area contributed by atoms with Gasteiger partial charge in [0.1, 0.15) is 5.82 Å². The van der Waals surface area contributed by atoms with Crippen molar-refractivity contribution in [1.82, 2.24) is 15.3 Å². The highest BCUT2D eigenvalue weighted by atomic mass is 16.5. The number of phenols is 1. The molecule has 0 fully saturated rings. The monoisotopic (exact) mass is 277 g/mol. The lowest BCUT2D eigenvalue weighted by molar-refractivity contribution is 0.338. The minimum atomic E-state index is 0.0119. The van der Waals surface area contributed by atoms with Crippen molar-refractivity contribution in [2.45, 2.75) is 19.5 Å². The maximum Gasteiger partial charge on any atom is 0.200 e. The molecule has 0 aliphatic heterocycles. The number of phenolic OH excluding ortho intramolecular Hbond substituents is 1.